The standard InChI is InChI=1S/C22H30N2O2/c1-20-11-17-12-21(14-20,18-5-3-2-4-6-18)16-22(13-17,15-20)19(25)23-24-7-9-26-10-8-24/h2-6,17H,7-16H2,1H3,(H,23,25). The van der Waals surface area contributed by atoms with E-state index in [0.717, 1.165) is 32.4 Å². The monoisotopic (exact) mass is 354 g/mol. The van der Waals surface area contributed by atoms with Crippen LogP contribution in [0.25, 0.3) is 0 Å². The number of nitrogens with one attached hydrogen (secondary N) is 1. The Hall–Kier alpha value is -1.39. The van der Waals surface area contributed by atoms with Gasteiger partial charge in [-0.2, -0.15) is 0 Å². The smallest absolute Gasteiger partial charge is 0.240 e. The third kappa shape index (κ3) is 2.61. The van der Waals surface area contributed by atoms with Crippen LogP contribution in [0.15, 0.2) is 30.3 Å². The van der Waals surface area contributed by atoms with Gasteiger partial charge in [-0.1, -0.05) is 37.3 Å². The third-order valence-corrected chi connectivity index (χ3v) is 7.49. The van der Waals surface area contributed by atoms with E-state index in [0.29, 0.717) is 24.5 Å². The molecule has 5 aliphatic rings. The lowest BCUT2D eigenvalue weighted by Gasteiger charge is -2.65. The van der Waals surface area contributed by atoms with E-state index >= 15 is 0 Å². The fourth-order valence-corrected chi connectivity index (χ4v) is 7.23. The topological polar surface area (TPSA) is 41.6 Å². The van der Waals surface area contributed by atoms with Crippen LogP contribution < -0.4 is 5.43 Å². The van der Waals surface area contributed by atoms with Gasteiger partial charge in [0, 0.05) is 13.1 Å². The van der Waals surface area contributed by atoms with Crippen molar-refractivity contribution in [3.05, 3.63) is 35.9 Å². The van der Waals surface area contributed by atoms with Crippen LogP contribution >= 0.6 is 0 Å². The fourth-order valence-electron chi connectivity index (χ4n) is 7.23. The van der Waals surface area contributed by atoms with Crippen LogP contribution in [0.5, 0.6) is 0 Å². The Kier molecular flexibility index (Phi) is 3.74. The highest BCUT2D eigenvalue weighted by Gasteiger charge is 2.64. The molecule has 1 aromatic carbocycles. The number of nitrogens with zero attached hydrogens (tertiary/aromatic N) is 1. The maximum Gasteiger partial charge on any atom is 0.240 e. The van der Waals surface area contributed by atoms with Crippen molar-refractivity contribution < 1.29 is 9.53 Å². The molecule has 1 heterocycles. The molecule has 1 N–H and O–H groups in total. The minimum Gasteiger partial charge on any atom is -0.379 e. The molecule has 4 atom stereocenters. The van der Waals surface area contributed by atoms with E-state index in [1.807, 2.05) is 0 Å². The van der Waals surface area contributed by atoms with Gasteiger partial charge in [0.15, 0.2) is 0 Å². The van der Waals surface area contributed by atoms with E-state index < -0.39 is 0 Å². The van der Waals surface area contributed by atoms with Crippen LogP contribution in [-0.2, 0) is 14.9 Å². The number of benzene rings is 1. The predicted molar refractivity (Wildman–Crippen MR) is 100 cm³/mol. The van der Waals surface area contributed by atoms with Gasteiger partial charge < -0.3 is 4.74 Å². The summed E-state index contributed by atoms with van der Waals surface area (Å²) < 4.78 is 5.43. The lowest BCUT2D eigenvalue weighted by molar-refractivity contribution is -0.166. The van der Waals surface area contributed by atoms with Crippen LogP contribution in [0.3, 0.4) is 0 Å². The van der Waals surface area contributed by atoms with Crippen LogP contribution in [0.1, 0.15) is 51.0 Å². The zero-order valence-electron chi connectivity index (χ0n) is 15.8. The Bertz CT molecular complexity index is 701. The van der Waals surface area contributed by atoms with Gasteiger partial charge in [-0.05, 0) is 60.8 Å². The predicted octanol–water partition coefficient (Wildman–Crippen LogP) is 3.28. The Morgan fingerprint density at radius 2 is 1.85 bits per heavy atom. The summed E-state index contributed by atoms with van der Waals surface area (Å²) in [4.78, 5) is 13.5. The molecule has 1 amide bonds. The van der Waals surface area contributed by atoms with Crippen molar-refractivity contribution in [2.75, 3.05) is 26.3 Å². The number of rotatable bonds is 3. The molecule has 1 aromatic rings. The Balaban J connectivity index is 1.46. The Morgan fingerprint density at radius 3 is 2.58 bits per heavy atom. The van der Waals surface area contributed by atoms with Crippen LogP contribution in [-0.4, -0.2) is 37.2 Å². The molecule has 4 heteroatoms. The van der Waals surface area contributed by atoms with Crippen LogP contribution in [0, 0.1) is 16.7 Å². The molecule has 4 saturated carbocycles. The SMILES string of the molecule is CC12CC3CC(C(=O)NN4CCOCC4)(C1)CC(c1ccccc1)(C3)C2. The zero-order valence-corrected chi connectivity index (χ0v) is 15.8. The Morgan fingerprint density at radius 1 is 1.08 bits per heavy atom. The van der Waals surface area contributed by atoms with Gasteiger partial charge in [-0.25, -0.2) is 5.01 Å². The van der Waals surface area contributed by atoms with Gasteiger partial charge in [-0.3, -0.25) is 10.2 Å². The molecule has 0 radical (unpaired) electrons. The van der Waals surface area contributed by atoms with E-state index in [1.165, 1.54) is 24.8 Å². The first-order valence-corrected chi connectivity index (χ1v) is 10.2. The number of hydrogen-bond acceptors (Lipinski definition) is 3. The molecule has 6 rings (SSSR count). The van der Waals surface area contributed by atoms with E-state index in [9.17, 15) is 4.79 Å². The van der Waals surface area contributed by atoms with Gasteiger partial charge >= 0.3 is 0 Å². The summed E-state index contributed by atoms with van der Waals surface area (Å²) in [6, 6.07) is 11.0. The summed E-state index contributed by atoms with van der Waals surface area (Å²) in [7, 11) is 0. The molecule has 1 saturated heterocycles. The Labute approximate surface area is 156 Å². The number of hydrazine groups is 1. The van der Waals surface area contributed by atoms with E-state index in [2.05, 4.69) is 47.7 Å². The van der Waals surface area contributed by atoms with Gasteiger partial charge in [0.1, 0.15) is 0 Å². The minimum absolute atomic E-state index is 0.192. The summed E-state index contributed by atoms with van der Waals surface area (Å²) in [6.07, 6.45) is 6.96. The number of morpholine rings is 1. The summed E-state index contributed by atoms with van der Waals surface area (Å²) in [5.41, 5.74) is 5.04. The zero-order chi connectivity index (χ0) is 17.8. The van der Waals surface area contributed by atoms with Crippen molar-refractivity contribution in [2.45, 2.75) is 50.9 Å². The molecule has 0 spiro atoms. The number of carbonyl (C=O) groups is 1. The highest BCUT2D eigenvalue weighted by Crippen LogP contribution is 2.70. The summed E-state index contributed by atoms with van der Waals surface area (Å²) >= 11 is 0. The molecule has 4 aliphatic carbocycles. The summed E-state index contributed by atoms with van der Waals surface area (Å²) in [5, 5.41) is 2.07. The first-order chi connectivity index (χ1) is 12.5. The highest BCUT2D eigenvalue weighted by molar-refractivity contribution is 5.83. The molecule has 4 nitrogen and oxygen atoms in total. The molecule has 140 valence electrons. The van der Waals surface area contributed by atoms with Gasteiger partial charge in [0.05, 0.1) is 18.6 Å². The summed E-state index contributed by atoms with van der Waals surface area (Å²) in [6.45, 7) is 5.45. The van der Waals surface area contributed by atoms with Gasteiger partial charge in [-0.15, -0.1) is 0 Å². The lowest BCUT2D eigenvalue weighted by atomic mass is 9.38. The minimum atomic E-state index is -0.192. The average molecular weight is 354 g/mol. The fraction of sp³-hybridized carbons (Fsp3) is 0.682. The first kappa shape index (κ1) is 16.8. The van der Waals surface area contributed by atoms with E-state index in [-0.39, 0.29) is 16.7 Å². The van der Waals surface area contributed by atoms with E-state index in [4.69, 9.17) is 4.74 Å². The van der Waals surface area contributed by atoms with Crippen molar-refractivity contribution >= 4 is 5.91 Å². The number of amides is 1. The third-order valence-electron chi connectivity index (χ3n) is 7.49. The van der Waals surface area contributed by atoms with Crippen molar-refractivity contribution in [1.82, 2.24) is 10.4 Å². The normalized spacial score (nSPS) is 42.0. The largest absolute Gasteiger partial charge is 0.379 e. The number of carbonyl (C=O) groups excluding carboxylic acids is 1. The number of ether oxygens (including phenoxy) is 1. The van der Waals surface area contributed by atoms with Crippen LogP contribution in [0.2, 0.25) is 0 Å². The molecule has 1 aliphatic heterocycles. The quantitative estimate of drug-likeness (QED) is 0.906. The van der Waals surface area contributed by atoms with Gasteiger partial charge in [0.2, 0.25) is 5.91 Å². The molecular weight excluding hydrogens is 324 g/mol. The number of hydrogen-bond donors (Lipinski definition) is 1. The maximum absolute atomic E-state index is 13.5. The van der Waals surface area contributed by atoms with Crippen molar-refractivity contribution in [2.24, 2.45) is 16.7 Å². The molecule has 5 fully saturated rings. The second-order valence-electron chi connectivity index (χ2n) is 9.79. The molecule has 26 heavy (non-hydrogen) atoms. The summed E-state index contributed by atoms with van der Waals surface area (Å²) in [5.74, 6) is 0.960. The van der Waals surface area contributed by atoms with Crippen molar-refractivity contribution in [3.63, 3.8) is 0 Å². The second-order valence-corrected chi connectivity index (χ2v) is 9.79. The van der Waals surface area contributed by atoms with Gasteiger partial charge in [0.25, 0.3) is 0 Å². The first-order valence-electron chi connectivity index (χ1n) is 10.2. The van der Waals surface area contributed by atoms with Crippen molar-refractivity contribution in [3.8, 4) is 0 Å². The maximum atomic E-state index is 13.5. The second kappa shape index (κ2) is 5.80. The molecule has 4 unspecified atom stereocenters. The molecular formula is C22H30N2O2. The molecule has 0 aromatic heterocycles. The lowest BCUT2D eigenvalue weighted by Crippen LogP contribution is -2.64. The van der Waals surface area contributed by atoms with Crippen LogP contribution in [0.4, 0.5) is 0 Å². The molecule has 4 bridgehead atoms. The average Bonchev–Trinajstić information content (AvgIpc) is 2.61. The van der Waals surface area contributed by atoms with E-state index in [1.54, 1.807) is 0 Å². The highest BCUT2D eigenvalue weighted by atomic mass is 16.5. The van der Waals surface area contributed by atoms with Crippen molar-refractivity contribution in [1.29, 1.82) is 0 Å².